The van der Waals surface area contributed by atoms with Crippen LogP contribution < -0.4 is 5.32 Å². The molecule has 1 heterocycles. The zero-order chi connectivity index (χ0) is 14.9. The van der Waals surface area contributed by atoms with Crippen molar-refractivity contribution in [2.45, 2.75) is 45.2 Å². The van der Waals surface area contributed by atoms with Crippen LogP contribution in [0.4, 0.5) is 0 Å². The van der Waals surface area contributed by atoms with Gasteiger partial charge in [-0.15, -0.1) is 0 Å². The van der Waals surface area contributed by atoms with Crippen LogP contribution >= 0.6 is 0 Å². The summed E-state index contributed by atoms with van der Waals surface area (Å²) in [5.74, 6) is 0. The number of hydrogen-bond acceptors (Lipinski definition) is 3. The van der Waals surface area contributed by atoms with Gasteiger partial charge in [0.2, 0.25) is 0 Å². The Kier molecular flexibility index (Phi) is 7.20. The fraction of sp³-hybridized carbons (Fsp3) is 0.667. The minimum absolute atomic E-state index is 0.545. The summed E-state index contributed by atoms with van der Waals surface area (Å²) in [7, 11) is 0. The third kappa shape index (κ3) is 5.77. The van der Waals surface area contributed by atoms with Gasteiger partial charge in [0.15, 0.2) is 0 Å². The second-order valence-corrected chi connectivity index (χ2v) is 6.09. The predicted molar refractivity (Wildman–Crippen MR) is 88.7 cm³/mol. The Bertz CT molecular complexity index is 382. The minimum Gasteiger partial charge on any atom is -0.380 e. The SMILES string of the molecule is CCCOCCN1CC(Cc2ccccc2)NCCC1C. The molecular weight excluding hydrogens is 260 g/mol. The molecule has 21 heavy (non-hydrogen) atoms. The van der Waals surface area contributed by atoms with Gasteiger partial charge >= 0.3 is 0 Å². The van der Waals surface area contributed by atoms with E-state index in [0.29, 0.717) is 12.1 Å². The molecule has 1 saturated heterocycles. The molecule has 1 aliphatic rings. The number of nitrogens with zero attached hydrogens (tertiary/aromatic N) is 1. The molecule has 1 aliphatic heterocycles. The van der Waals surface area contributed by atoms with Crippen molar-refractivity contribution in [1.29, 1.82) is 0 Å². The van der Waals surface area contributed by atoms with Gasteiger partial charge in [-0.25, -0.2) is 0 Å². The molecule has 2 rings (SSSR count). The standard InChI is InChI=1S/C18H30N2O/c1-3-12-21-13-11-20-15-18(19-10-9-16(20)2)14-17-7-5-4-6-8-17/h4-8,16,18-19H,3,9-15H2,1-2H3. The third-order valence-corrected chi connectivity index (χ3v) is 4.27. The fourth-order valence-corrected chi connectivity index (χ4v) is 2.98. The van der Waals surface area contributed by atoms with Gasteiger partial charge in [0.1, 0.15) is 0 Å². The van der Waals surface area contributed by atoms with Gasteiger partial charge in [-0.05, 0) is 38.3 Å². The molecule has 1 aromatic rings. The third-order valence-electron chi connectivity index (χ3n) is 4.27. The van der Waals surface area contributed by atoms with E-state index in [2.05, 4.69) is 54.4 Å². The summed E-state index contributed by atoms with van der Waals surface area (Å²) >= 11 is 0. The van der Waals surface area contributed by atoms with E-state index in [1.807, 2.05) is 0 Å². The normalized spacial score (nSPS) is 23.9. The van der Waals surface area contributed by atoms with E-state index in [0.717, 1.165) is 45.7 Å². The van der Waals surface area contributed by atoms with E-state index < -0.39 is 0 Å². The van der Waals surface area contributed by atoms with E-state index in [-0.39, 0.29) is 0 Å². The minimum atomic E-state index is 0.545. The number of ether oxygens (including phenoxy) is 1. The molecule has 0 aromatic heterocycles. The summed E-state index contributed by atoms with van der Waals surface area (Å²) in [6, 6.07) is 12.0. The van der Waals surface area contributed by atoms with Crippen molar-refractivity contribution in [1.82, 2.24) is 10.2 Å². The van der Waals surface area contributed by atoms with Crippen LogP contribution in [0, 0.1) is 0 Å². The van der Waals surface area contributed by atoms with E-state index in [1.54, 1.807) is 0 Å². The van der Waals surface area contributed by atoms with Crippen LogP contribution in [0.3, 0.4) is 0 Å². The maximum absolute atomic E-state index is 5.67. The molecule has 2 unspecified atom stereocenters. The summed E-state index contributed by atoms with van der Waals surface area (Å²) in [5.41, 5.74) is 1.42. The van der Waals surface area contributed by atoms with Crippen LogP contribution in [0.1, 0.15) is 32.3 Å². The first-order valence-electron chi connectivity index (χ1n) is 8.38. The highest BCUT2D eigenvalue weighted by molar-refractivity contribution is 5.16. The highest BCUT2D eigenvalue weighted by atomic mass is 16.5. The highest BCUT2D eigenvalue weighted by Crippen LogP contribution is 2.12. The number of nitrogens with one attached hydrogen (secondary N) is 1. The van der Waals surface area contributed by atoms with Gasteiger partial charge in [0.25, 0.3) is 0 Å². The molecule has 0 saturated carbocycles. The Morgan fingerprint density at radius 2 is 2.05 bits per heavy atom. The molecule has 1 N–H and O–H groups in total. The smallest absolute Gasteiger partial charge is 0.0593 e. The number of hydrogen-bond donors (Lipinski definition) is 1. The van der Waals surface area contributed by atoms with Crippen LogP contribution in [0.2, 0.25) is 0 Å². The van der Waals surface area contributed by atoms with Crippen molar-refractivity contribution < 1.29 is 4.74 Å². The van der Waals surface area contributed by atoms with Crippen molar-refractivity contribution in [3.63, 3.8) is 0 Å². The molecule has 0 spiro atoms. The van der Waals surface area contributed by atoms with Gasteiger partial charge in [0.05, 0.1) is 6.61 Å². The molecule has 1 fully saturated rings. The van der Waals surface area contributed by atoms with Crippen LogP contribution in [0.15, 0.2) is 30.3 Å². The molecule has 1 aromatic carbocycles. The van der Waals surface area contributed by atoms with Gasteiger partial charge in [-0.3, -0.25) is 4.90 Å². The molecule has 0 radical (unpaired) electrons. The first-order chi connectivity index (χ1) is 10.3. The Morgan fingerprint density at radius 1 is 1.24 bits per heavy atom. The van der Waals surface area contributed by atoms with Gasteiger partial charge < -0.3 is 10.1 Å². The van der Waals surface area contributed by atoms with Crippen molar-refractivity contribution in [2.24, 2.45) is 0 Å². The quantitative estimate of drug-likeness (QED) is 0.782. The molecule has 0 aliphatic carbocycles. The lowest BCUT2D eigenvalue weighted by Crippen LogP contribution is -2.42. The van der Waals surface area contributed by atoms with E-state index >= 15 is 0 Å². The molecule has 2 atom stereocenters. The second-order valence-electron chi connectivity index (χ2n) is 6.09. The Balaban J connectivity index is 1.85. The monoisotopic (exact) mass is 290 g/mol. The zero-order valence-corrected chi connectivity index (χ0v) is 13.6. The summed E-state index contributed by atoms with van der Waals surface area (Å²) < 4.78 is 5.67. The fourth-order valence-electron chi connectivity index (χ4n) is 2.98. The van der Waals surface area contributed by atoms with E-state index in [9.17, 15) is 0 Å². The summed E-state index contributed by atoms with van der Waals surface area (Å²) in [6.07, 6.45) is 3.44. The average Bonchev–Trinajstić information content (AvgIpc) is 2.67. The predicted octanol–water partition coefficient (Wildman–Crippen LogP) is 2.71. The molecule has 0 amide bonds. The van der Waals surface area contributed by atoms with Gasteiger partial charge in [0, 0.05) is 31.8 Å². The lowest BCUT2D eigenvalue weighted by Gasteiger charge is -2.29. The zero-order valence-electron chi connectivity index (χ0n) is 13.6. The molecule has 118 valence electrons. The van der Waals surface area contributed by atoms with E-state index in [4.69, 9.17) is 4.74 Å². The van der Waals surface area contributed by atoms with Crippen LogP contribution in [0.5, 0.6) is 0 Å². The maximum atomic E-state index is 5.67. The Labute approximate surface area is 129 Å². The second kappa shape index (κ2) is 9.19. The number of benzene rings is 1. The lowest BCUT2D eigenvalue weighted by atomic mass is 10.1. The van der Waals surface area contributed by atoms with Crippen LogP contribution in [0.25, 0.3) is 0 Å². The molecular formula is C18H30N2O. The Hall–Kier alpha value is -0.900. The maximum Gasteiger partial charge on any atom is 0.0593 e. The lowest BCUT2D eigenvalue weighted by molar-refractivity contribution is 0.0891. The van der Waals surface area contributed by atoms with Gasteiger partial charge in [-0.2, -0.15) is 0 Å². The van der Waals surface area contributed by atoms with Crippen molar-refractivity contribution in [3.8, 4) is 0 Å². The van der Waals surface area contributed by atoms with Crippen LogP contribution in [-0.2, 0) is 11.2 Å². The number of rotatable bonds is 7. The van der Waals surface area contributed by atoms with Gasteiger partial charge in [-0.1, -0.05) is 37.3 Å². The Morgan fingerprint density at radius 3 is 2.81 bits per heavy atom. The van der Waals surface area contributed by atoms with Crippen molar-refractivity contribution in [2.75, 3.05) is 32.8 Å². The summed E-state index contributed by atoms with van der Waals surface area (Å²) in [6.45, 7) is 9.52. The van der Waals surface area contributed by atoms with Crippen molar-refractivity contribution in [3.05, 3.63) is 35.9 Å². The highest BCUT2D eigenvalue weighted by Gasteiger charge is 2.22. The van der Waals surface area contributed by atoms with E-state index in [1.165, 1.54) is 12.0 Å². The molecule has 3 nitrogen and oxygen atoms in total. The molecule has 3 heteroatoms. The first-order valence-corrected chi connectivity index (χ1v) is 8.38. The first kappa shape index (κ1) is 16.5. The summed E-state index contributed by atoms with van der Waals surface area (Å²) in [5, 5.41) is 3.71. The van der Waals surface area contributed by atoms with Crippen molar-refractivity contribution >= 4 is 0 Å². The largest absolute Gasteiger partial charge is 0.380 e. The topological polar surface area (TPSA) is 24.5 Å². The summed E-state index contributed by atoms with van der Waals surface area (Å²) in [4.78, 5) is 2.59. The molecule has 0 bridgehead atoms. The average molecular weight is 290 g/mol. The van der Waals surface area contributed by atoms with Crippen LogP contribution in [-0.4, -0.2) is 49.8 Å².